The van der Waals surface area contributed by atoms with E-state index in [1.165, 1.54) is 0 Å². The summed E-state index contributed by atoms with van der Waals surface area (Å²) >= 11 is 3.34. The minimum absolute atomic E-state index is 0.380. The Morgan fingerprint density at radius 1 is 1.55 bits per heavy atom. The van der Waals surface area contributed by atoms with Gasteiger partial charge >= 0.3 is 0 Å². The van der Waals surface area contributed by atoms with Gasteiger partial charge in [-0.25, -0.2) is 0 Å². The third-order valence-electron chi connectivity index (χ3n) is 1.57. The van der Waals surface area contributed by atoms with Crippen LogP contribution in [-0.4, -0.2) is 6.29 Å². The van der Waals surface area contributed by atoms with E-state index in [1.807, 2.05) is 31.4 Å². The summed E-state index contributed by atoms with van der Waals surface area (Å²) < 4.78 is 1.01. The van der Waals surface area contributed by atoms with Crippen LogP contribution >= 0.6 is 15.9 Å². The van der Waals surface area contributed by atoms with Gasteiger partial charge in [-0.15, -0.1) is 0 Å². The highest BCUT2D eigenvalue weighted by atomic mass is 79.9. The van der Waals surface area contributed by atoms with E-state index in [9.17, 15) is 4.79 Å². The summed E-state index contributed by atoms with van der Waals surface area (Å²) in [4.78, 5) is 10.1. The van der Waals surface area contributed by atoms with Gasteiger partial charge in [0.05, 0.1) is 0 Å². The van der Waals surface area contributed by atoms with E-state index < -0.39 is 0 Å². The average Bonchev–Trinajstić information content (AvgIpc) is 1.98. The Kier molecular flexibility index (Phi) is 2.83. The topological polar surface area (TPSA) is 17.1 Å². The van der Waals surface area contributed by atoms with Gasteiger partial charge in [-0.1, -0.05) is 22.0 Å². The number of carbonyl (C=O) groups excluding carboxylic acids is 1. The Morgan fingerprint density at radius 3 is 2.91 bits per heavy atom. The highest BCUT2D eigenvalue weighted by molar-refractivity contribution is 9.10. The van der Waals surface area contributed by atoms with Crippen LogP contribution in [0.2, 0.25) is 0 Å². The number of aryl methyl sites for hydroxylation is 1. The largest absolute Gasteiger partial charge is 0.291 e. The molecule has 0 aliphatic carbocycles. The minimum Gasteiger partial charge on any atom is -0.291 e. The standard InChI is InChI=1S/C9H8BrO/c1-7-2-3-9(10)6-8(7)4-5-11/h2-3,6H,4H2,1H3. The van der Waals surface area contributed by atoms with Crippen LogP contribution in [0.1, 0.15) is 11.1 Å². The maximum Gasteiger partial charge on any atom is 0.203 e. The summed E-state index contributed by atoms with van der Waals surface area (Å²) in [6.45, 7) is 1.99. The van der Waals surface area contributed by atoms with Gasteiger partial charge in [-0.2, -0.15) is 0 Å². The van der Waals surface area contributed by atoms with E-state index >= 15 is 0 Å². The molecular weight excluding hydrogens is 204 g/mol. The van der Waals surface area contributed by atoms with Crippen molar-refractivity contribution >= 4 is 22.2 Å². The number of benzene rings is 1. The quantitative estimate of drug-likeness (QED) is 0.735. The van der Waals surface area contributed by atoms with Crippen molar-refractivity contribution in [3.8, 4) is 0 Å². The lowest BCUT2D eigenvalue weighted by atomic mass is 10.1. The van der Waals surface area contributed by atoms with Crippen molar-refractivity contribution < 1.29 is 4.79 Å². The molecule has 0 spiro atoms. The highest BCUT2D eigenvalue weighted by Crippen LogP contribution is 2.15. The molecule has 0 fully saturated rings. The molecule has 1 nitrogen and oxygen atoms in total. The Morgan fingerprint density at radius 2 is 2.27 bits per heavy atom. The van der Waals surface area contributed by atoms with Crippen LogP contribution in [0.5, 0.6) is 0 Å². The van der Waals surface area contributed by atoms with Crippen molar-refractivity contribution in [2.45, 2.75) is 13.3 Å². The third-order valence-corrected chi connectivity index (χ3v) is 2.07. The molecular formula is C9H8BrO. The molecule has 0 bridgehead atoms. The second kappa shape index (κ2) is 3.67. The van der Waals surface area contributed by atoms with Crippen molar-refractivity contribution in [3.63, 3.8) is 0 Å². The Labute approximate surface area is 74.6 Å². The van der Waals surface area contributed by atoms with Gasteiger partial charge < -0.3 is 0 Å². The lowest BCUT2D eigenvalue weighted by Gasteiger charge is -2.00. The fourth-order valence-electron chi connectivity index (χ4n) is 0.908. The normalized spacial score (nSPS) is 9.64. The molecule has 1 aromatic carbocycles. The molecule has 0 saturated heterocycles. The van der Waals surface area contributed by atoms with Gasteiger partial charge in [0.15, 0.2) is 0 Å². The van der Waals surface area contributed by atoms with Crippen LogP contribution in [0.4, 0.5) is 0 Å². The molecule has 0 heterocycles. The van der Waals surface area contributed by atoms with Crippen LogP contribution in [0, 0.1) is 6.92 Å². The molecule has 2 heteroatoms. The van der Waals surface area contributed by atoms with Crippen molar-refractivity contribution in [2.24, 2.45) is 0 Å². The van der Waals surface area contributed by atoms with E-state index in [4.69, 9.17) is 0 Å². The summed E-state index contributed by atoms with van der Waals surface area (Å²) in [7, 11) is 0. The smallest absolute Gasteiger partial charge is 0.203 e. The highest BCUT2D eigenvalue weighted by Gasteiger charge is 1.97. The molecule has 0 aliphatic rings. The van der Waals surface area contributed by atoms with Gasteiger partial charge in [0.1, 0.15) is 0 Å². The summed E-state index contributed by atoms with van der Waals surface area (Å²) in [5.74, 6) is 0. The third kappa shape index (κ3) is 2.15. The Hall–Kier alpha value is -0.630. The molecule has 1 aromatic rings. The van der Waals surface area contributed by atoms with Gasteiger partial charge in [-0.05, 0) is 30.2 Å². The number of rotatable bonds is 2. The molecule has 1 radical (unpaired) electrons. The molecule has 0 aromatic heterocycles. The van der Waals surface area contributed by atoms with E-state index in [0.29, 0.717) is 6.42 Å². The van der Waals surface area contributed by atoms with E-state index in [1.54, 1.807) is 0 Å². The van der Waals surface area contributed by atoms with E-state index in [-0.39, 0.29) is 0 Å². The maximum atomic E-state index is 10.1. The van der Waals surface area contributed by atoms with Crippen LogP contribution in [0.15, 0.2) is 22.7 Å². The first-order valence-electron chi connectivity index (χ1n) is 3.34. The van der Waals surface area contributed by atoms with Gasteiger partial charge in [-0.3, -0.25) is 4.79 Å². The molecule has 11 heavy (non-hydrogen) atoms. The second-order valence-corrected chi connectivity index (χ2v) is 3.31. The van der Waals surface area contributed by atoms with Crippen molar-refractivity contribution in [2.75, 3.05) is 0 Å². The fourth-order valence-corrected chi connectivity index (χ4v) is 1.32. The first-order chi connectivity index (χ1) is 5.24. The first-order valence-corrected chi connectivity index (χ1v) is 4.13. The van der Waals surface area contributed by atoms with Crippen molar-refractivity contribution in [1.82, 2.24) is 0 Å². The summed E-state index contributed by atoms with van der Waals surface area (Å²) in [6, 6.07) is 5.89. The number of hydrogen-bond donors (Lipinski definition) is 0. The van der Waals surface area contributed by atoms with E-state index in [0.717, 1.165) is 15.6 Å². The van der Waals surface area contributed by atoms with E-state index in [2.05, 4.69) is 15.9 Å². The number of hydrogen-bond acceptors (Lipinski definition) is 1. The van der Waals surface area contributed by atoms with Gasteiger partial charge in [0.25, 0.3) is 0 Å². The monoisotopic (exact) mass is 211 g/mol. The SMILES string of the molecule is Cc1ccc(Br)cc1C[C]=O. The lowest BCUT2D eigenvalue weighted by Crippen LogP contribution is -1.89. The molecule has 0 amide bonds. The predicted octanol–water partition coefficient (Wildman–Crippen LogP) is 2.41. The summed E-state index contributed by atoms with van der Waals surface area (Å²) in [5, 5.41) is 0. The van der Waals surface area contributed by atoms with Crippen LogP contribution in [0.25, 0.3) is 0 Å². The summed E-state index contributed by atoms with van der Waals surface area (Å²) in [6.07, 6.45) is 2.26. The molecule has 57 valence electrons. The van der Waals surface area contributed by atoms with Crippen LogP contribution in [-0.2, 0) is 11.2 Å². The summed E-state index contributed by atoms with van der Waals surface area (Å²) in [5.41, 5.74) is 2.17. The zero-order valence-corrected chi connectivity index (χ0v) is 7.81. The first kappa shape index (κ1) is 8.47. The Balaban J connectivity index is 3.01. The zero-order chi connectivity index (χ0) is 8.27. The maximum absolute atomic E-state index is 10.1. The minimum atomic E-state index is 0.380. The van der Waals surface area contributed by atoms with Gasteiger partial charge in [0.2, 0.25) is 6.29 Å². The Bertz CT molecular complexity index is 268. The predicted molar refractivity (Wildman–Crippen MR) is 48.3 cm³/mol. The zero-order valence-electron chi connectivity index (χ0n) is 6.23. The molecule has 0 saturated carbocycles. The second-order valence-electron chi connectivity index (χ2n) is 2.39. The number of halogens is 1. The molecule has 0 N–H and O–H groups in total. The molecule has 0 atom stereocenters. The molecule has 0 unspecified atom stereocenters. The average molecular weight is 212 g/mol. The molecule has 1 rings (SSSR count). The van der Waals surface area contributed by atoms with Crippen LogP contribution < -0.4 is 0 Å². The van der Waals surface area contributed by atoms with Gasteiger partial charge in [0, 0.05) is 10.9 Å². The van der Waals surface area contributed by atoms with Crippen molar-refractivity contribution in [3.05, 3.63) is 33.8 Å². The molecule has 0 aliphatic heterocycles. The van der Waals surface area contributed by atoms with Crippen molar-refractivity contribution in [1.29, 1.82) is 0 Å². The fraction of sp³-hybridized carbons (Fsp3) is 0.222. The lowest BCUT2D eigenvalue weighted by molar-refractivity contribution is 0.555. The van der Waals surface area contributed by atoms with Crippen LogP contribution in [0.3, 0.4) is 0 Å².